The van der Waals surface area contributed by atoms with E-state index in [1.165, 1.54) is 24.3 Å². The van der Waals surface area contributed by atoms with Crippen LogP contribution >= 0.6 is 0 Å². The van der Waals surface area contributed by atoms with E-state index in [9.17, 15) is 9.18 Å². The molecule has 4 heteroatoms. The predicted molar refractivity (Wildman–Crippen MR) is 41.0 cm³/mol. The first-order valence-corrected chi connectivity index (χ1v) is 3.22. The lowest BCUT2D eigenvalue weighted by molar-refractivity contribution is 0.106. The molecule has 0 radical (unpaired) electrons. The third-order valence-electron chi connectivity index (χ3n) is 1.31. The molecule has 0 spiro atoms. The minimum absolute atomic E-state index is 0.102. The molecule has 12 heavy (non-hydrogen) atoms. The summed E-state index contributed by atoms with van der Waals surface area (Å²) in [5, 5.41) is 10.5. The Morgan fingerprint density at radius 2 is 2.17 bits per heavy atom. The van der Waals surface area contributed by atoms with Gasteiger partial charge in [0.25, 0.3) is 0 Å². The van der Waals surface area contributed by atoms with E-state index in [0.29, 0.717) is 6.21 Å². The van der Waals surface area contributed by atoms with Crippen molar-refractivity contribution in [1.29, 1.82) is 0 Å². The topological polar surface area (TPSA) is 49.7 Å². The molecular weight excluding hydrogens is 161 g/mol. The van der Waals surface area contributed by atoms with Crippen molar-refractivity contribution >= 4 is 12.0 Å². The van der Waals surface area contributed by atoms with Crippen LogP contribution in [0.4, 0.5) is 4.39 Å². The number of halogens is 1. The lowest BCUT2D eigenvalue weighted by Gasteiger charge is -1.94. The quantitative estimate of drug-likeness (QED) is 0.314. The molecule has 3 nitrogen and oxygen atoms in total. The van der Waals surface area contributed by atoms with Crippen LogP contribution in [-0.2, 0) is 0 Å². The van der Waals surface area contributed by atoms with Gasteiger partial charge < -0.3 is 5.21 Å². The number of carbonyl (C=O) groups excluding carboxylic acids is 1. The van der Waals surface area contributed by atoms with Gasteiger partial charge in [0, 0.05) is 0 Å². The van der Waals surface area contributed by atoms with E-state index in [1.807, 2.05) is 0 Å². The smallest absolute Gasteiger partial charge is 0.210 e. The van der Waals surface area contributed by atoms with Crippen molar-refractivity contribution in [2.24, 2.45) is 5.16 Å². The van der Waals surface area contributed by atoms with Crippen molar-refractivity contribution < 1.29 is 14.4 Å². The molecule has 1 rings (SSSR count). The normalized spacial score (nSPS) is 10.4. The molecule has 0 saturated carbocycles. The summed E-state index contributed by atoms with van der Waals surface area (Å²) in [5.41, 5.74) is -0.102. The van der Waals surface area contributed by atoms with Crippen molar-refractivity contribution in [3.8, 4) is 0 Å². The molecule has 0 aromatic heterocycles. The maximum absolute atomic E-state index is 12.8. The van der Waals surface area contributed by atoms with Crippen LogP contribution in [0, 0.1) is 5.82 Å². The van der Waals surface area contributed by atoms with Crippen LogP contribution in [0.15, 0.2) is 29.4 Å². The molecule has 1 aromatic carbocycles. The number of benzene rings is 1. The molecule has 62 valence electrons. The second-order valence-corrected chi connectivity index (χ2v) is 2.09. The number of Topliss-reactive ketones (excluding diaryl/α,β-unsaturated/α-hetero) is 1. The molecule has 0 bridgehead atoms. The first-order chi connectivity index (χ1) is 5.75. The van der Waals surface area contributed by atoms with E-state index >= 15 is 0 Å². The number of nitrogens with zero attached hydrogens (tertiary/aromatic N) is 1. The highest BCUT2D eigenvalue weighted by Crippen LogP contribution is 2.05. The summed E-state index contributed by atoms with van der Waals surface area (Å²) in [4.78, 5) is 10.9. The molecule has 0 aliphatic rings. The average molecular weight is 167 g/mol. The summed E-state index contributed by atoms with van der Waals surface area (Å²) >= 11 is 0. The molecule has 0 atom stereocenters. The zero-order valence-electron chi connectivity index (χ0n) is 6.07. The summed E-state index contributed by atoms with van der Waals surface area (Å²) in [7, 11) is 0. The summed E-state index contributed by atoms with van der Waals surface area (Å²) in [6.07, 6.45) is 0.651. The van der Waals surface area contributed by atoms with Crippen LogP contribution < -0.4 is 0 Å². The van der Waals surface area contributed by atoms with Crippen LogP contribution in [-0.4, -0.2) is 17.2 Å². The fourth-order valence-electron chi connectivity index (χ4n) is 0.783. The van der Waals surface area contributed by atoms with Crippen LogP contribution in [0.25, 0.3) is 0 Å². The van der Waals surface area contributed by atoms with E-state index in [4.69, 9.17) is 5.21 Å². The van der Waals surface area contributed by atoms with Gasteiger partial charge in [0.1, 0.15) is 12.0 Å². The molecule has 0 aliphatic heterocycles. The predicted octanol–water partition coefficient (Wildman–Crippen LogP) is 1.47. The van der Waals surface area contributed by atoms with Gasteiger partial charge in [0.2, 0.25) is 5.78 Å². The van der Waals surface area contributed by atoms with Crippen molar-refractivity contribution in [1.82, 2.24) is 0 Å². The van der Waals surface area contributed by atoms with Crippen LogP contribution in [0.5, 0.6) is 0 Å². The van der Waals surface area contributed by atoms with Crippen LogP contribution in [0.1, 0.15) is 10.4 Å². The number of ketones is 1. The lowest BCUT2D eigenvalue weighted by atomic mass is 10.1. The molecule has 0 unspecified atom stereocenters. The number of hydrogen-bond donors (Lipinski definition) is 1. The summed E-state index contributed by atoms with van der Waals surface area (Å²) < 4.78 is 12.8. The SMILES string of the molecule is O=C(C=NO)c1ccccc1F. The first kappa shape index (κ1) is 8.39. The van der Waals surface area contributed by atoms with Gasteiger partial charge in [-0.3, -0.25) is 4.79 Å². The Bertz CT molecular complexity index is 323. The van der Waals surface area contributed by atoms with Crippen molar-refractivity contribution in [2.75, 3.05) is 0 Å². The molecule has 0 amide bonds. The highest BCUT2D eigenvalue weighted by Gasteiger charge is 2.07. The van der Waals surface area contributed by atoms with E-state index in [1.54, 1.807) is 0 Å². The maximum Gasteiger partial charge on any atom is 0.210 e. The fraction of sp³-hybridized carbons (Fsp3) is 0. The van der Waals surface area contributed by atoms with Gasteiger partial charge in [0.05, 0.1) is 5.56 Å². The Kier molecular flexibility index (Phi) is 2.53. The number of hydrogen-bond acceptors (Lipinski definition) is 3. The monoisotopic (exact) mass is 167 g/mol. The van der Waals surface area contributed by atoms with Gasteiger partial charge in [-0.05, 0) is 12.1 Å². The lowest BCUT2D eigenvalue weighted by Crippen LogP contribution is -2.02. The maximum atomic E-state index is 12.8. The Hall–Kier alpha value is -1.71. The number of oxime groups is 1. The van der Waals surface area contributed by atoms with Crippen LogP contribution in [0.2, 0.25) is 0 Å². The second-order valence-electron chi connectivity index (χ2n) is 2.09. The van der Waals surface area contributed by atoms with E-state index < -0.39 is 11.6 Å². The zero-order chi connectivity index (χ0) is 8.97. The van der Waals surface area contributed by atoms with Gasteiger partial charge >= 0.3 is 0 Å². The molecular formula is C8H6FNO2. The molecule has 0 aliphatic carbocycles. The third-order valence-corrected chi connectivity index (χ3v) is 1.31. The molecule has 0 fully saturated rings. The Labute approximate surface area is 68.1 Å². The number of carbonyl (C=O) groups is 1. The zero-order valence-corrected chi connectivity index (χ0v) is 6.07. The Morgan fingerprint density at radius 1 is 1.50 bits per heavy atom. The van der Waals surface area contributed by atoms with E-state index in [-0.39, 0.29) is 5.56 Å². The molecule has 1 N–H and O–H groups in total. The van der Waals surface area contributed by atoms with Gasteiger partial charge in [-0.2, -0.15) is 0 Å². The standard InChI is InChI=1S/C8H6FNO2/c9-7-4-2-1-3-6(7)8(11)5-10-12/h1-5,12H. The van der Waals surface area contributed by atoms with E-state index in [2.05, 4.69) is 5.16 Å². The molecule has 0 heterocycles. The Morgan fingerprint density at radius 3 is 2.75 bits per heavy atom. The van der Waals surface area contributed by atoms with Gasteiger partial charge in [-0.1, -0.05) is 17.3 Å². The van der Waals surface area contributed by atoms with Crippen molar-refractivity contribution in [3.63, 3.8) is 0 Å². The van der Waals surface area contributed by atoms with Crippen molar-refractivity contribution in [2.45, 2.75) is 0 Å². The second kappa shape index (κ2) is 3.61. The largest absolute Gasteiger partial charge is 0.411 e. The molecule has 1 aromatic rings. The van der Waals surface area contributed by atoms with Gasteiger partial charge in [0.15, 0.2) is 0 Å². The fourth-order valence-corrected chi connectivity index (χ4v) is 0.783. The van der Waals surface area contributed by atoms with Crippen LogP contribution in [0.3, 0.4) is 0 Å². The first-order valence-electron chi connectivity index (χ1n) is 3.22. The van der Waals surface area contributed by atoms with Crippen molar-refractivity contribution in [3.05, 3.63) is 35.6 Å². The third kappa shape index (κ3) is 1.66. The summed E-state index contributed by atoms with van der Waals surface area (Å²) in [6.45, 7) is 0. The van der Waals surface area contributed by atoms with Gasteiger partial charge in [-0.25, -0.2) is 4.39 Å². The Balaban J connectivity index is 3.03. The average Bonchev–Trinajstić information content (AvgIpc) is 2.05. The highest BCUT2D eigenvalue weighted by molar-refractivity contribution is 6.35. The van der Waals surface area contributed by atoms with Gasteiger partial charge in [-0.15, -0.1) is 0 Å². The minimum Gasteiger partial charge on any atom is -0.411 e. The summed E-state index contributed by atoms with van der Waals surface area (Å²) in [5.74, 6) is -1.28. The molecule has 0 saturated heterocycles. The summed E-state index contributed by atoms with van der Waals surface area (Å²) in [6, 6.07) is 5.49. The van der Waals surface area contributed by atoms with E-state index in [0.717, 1.165) is 0 Å². The number of rotatable bonds is 2. The highest BCUT2D eigenvalue weighted by atomic mass is 19.1. The minimum atomic E-state index is -0.657.